The number of aliphatic carboxylic acids is 1. The number of alkyl carbamates (subject to hydrolysis) is 1. The Morgan fingerprint density at radius 1 is 1.45 bits per heavy atom. The maximum absolute atomic E-state index is 13.7. The summed E-state index contributed by atoms with van der Waals surface area (Å²) in [7, 11) is 0. The van der Waals surface area contributed by atoms with E-state index in [0.29, 0.717) is 0 Å². The highest BCUT2D eigenvalue weighted by Gasteiger charge is 2.25. The Kier molecular flexibility index (Phi) is 5.46. The number of carbonyl (C=O) groups is 2. The second-order valence-corrected chi connectivity index (χ2v) is 5.66. The molecule has 0 saturated heterocycles. The van der Waals surface area contributed by atoms with Crippen LogP contribution >= 0.6 is 0 Å². The van der Waals surface area contributed by atoms with Crippen LogP contribution < -0.4 is 5.32 Å². The van der Waals surface area contributed by atoms with Gasteiger partial charge in [0.25, 0.3) is 0 Å². The first-order valence-corrected chi connectivity index (χ1v) is 6.53. The summed E-state index contributed by atoms with van der Waals surface area (Å²) in [5.41, 5.74) is -0.542. The number of ether oxygens (including phenoxy) is 1. The molecule has 0 aromatic heterocycles. The van der Waals surface area contributed by atoms with E-state index in [0.717, 1.165) is 6.07 Å². The first kappa shape index (κ1) is 17.4. The summed E-state index contributed by atoms with van der Waals surface area (Å²) in [6.07, 6.45) is -1.20. The second-order valence-electron chi connectivity index (χ2n) is 5.66. The molecule has 1 rings (SSSR count). The molecule has 1 aromatic carbocycles. The minimum absolute atomic E-state index is 0.0301. The monoisotopic (exact) mass is 308 g/mol. The predicted octanol–water partition coefficient (Wildman–Crippen LogP) is 2.22. The summed E-state index contributed by atoms with van der Waals surface area (Å²) in [6.45, 7) is 4.91. The molecular formula is C15H17FN2O4. The Balaban J connectivity index is 2.88. The zero-order chi connectivity index (χ0) is 16.9. The Bertz CT molecular complexity index is 617. The zero-order valence-corrected chi connectivity index (χ0v) is 12.5. The van der Waals surface area contributed by atoms with E-state index in [2.05, 4.69) is 5.32 Å². The van der Waals surface area contributed by atoms with Crippen molar-refractivity contribution >= 4 is 12.1 Å². The van der Waals surface area contributed by atoms with Crippen molar-refractivity contribution in [2.45, 2.75) is 38.8 Å². The number of rotatable bonds is 4. The van der Waals surface area contributed by atoms with Crippen LogP contribution in [-0.4, -0.2) is 28.8 Å². The molecule has 1 unspecified atom stereocenters. The van der Waals surface area contributed by atoms with Crippen LogP contribution in [0.2, 0.25) is 0 Å². The van der Waals surface area contributed by atoms with Crippen molar-refractivity contribution in [3.8, 4) is 6.07 Å². The molecule has 7 heteroatoms. The second kappa shape index (κ2) is 6.89. The van der Waals surface area contributed by atoms with Gasteiger partial charge in [-0.25, -0.2) is 14.0 Å². The van der Waals surface area contributed by atoms with Gasteiger partial charge >= 0.3 is 12.1 Å². The molecule has 0 bridgehead atoms. The third-order valence-electron chi connectivity index (χ3n) is 2.59. The van der Waals surface area contributed by atoms with Crippen molar-refractivity contribution < 1.29 is 23.8 Å². The lowest BCUT2D eigenvalue weighted by Crippen LogP contribution is -2.44. The van der Waals surface area contributed by atoms with Crippen LogP contribution in [0.3, 0.4) is 0 Å². The fourth-order valence-electron chi connectivity index (χ4n) is 1.67. The van der Waals surface area contributed by atoms with E-state index < -0.39 is 29.5 Å². The summed E-state index contributed by atoms with van der Waals surface area (Å²) in [5, 5.41) is 20.1. The Morgan fingerprint density at radius 3 is 2.59 bits per heavy atom. The summed E-state index contributed by atoms with van der Waals surface area (Å²) in [4.78, 5) is 22.8. The van der Waals surface area contributed by atoms with Gasteiger partial charge in [-0.15, -0.1) is 0 Å². The molecule has 0 saturated carbocycles. The number of amides is 1. The maximum Gasteiger partial charge on any atom is 0.408 e. The SMILES string of the molecule is CC(C)(C)OC(=O)NC(Cc1cc(C#N)ccc1F)C(=O)O. The molecule has 6 nitrogen and oxygen atoms in total. The van der Waals surface area contributed by atoms with Gasteiger partial charge in [0.2, 0.25) is 0 Å². The van der Waals surface area contributed by atoms with Crippen LogP contribution in [0.25, 0.3) is 0 Å². The van der Waals surface area contributed by atoms with Gasteiger partial charge < -0.3 is 15.2 Å². The number of carboxylic acid groups (broad SMARTS) is 1. The highest BCUT2D eigenvalue weighted by Crippen LogP contribution is 2.13. The molecule has 2 N–H and O–H groups in total. The van der Waals surface area contributed by atoms with E-state index in [-0.39, 0.29) is 17.5 Å². The number of nitriles is 1. The van der Waals surface area contributed by atoms with E-state index in [1.807, 2.05) is 6.07 Å². The molecule has 118 valence electrons. The number of benzene rings is 1. The van der Waals surface area contributed by atoms with Crippen molar-refractivity contribution in [2.24, 2.45) is 0 Å². The summed E-state index contributed by atoms with van der Waals surface area (Å²) >= 11 is 0. The van der Waals surface area contributed by atoms with Crippen LogP contribution in [0.15, 0.2) is 18.2 Å². The Morgan fingerprint density at radius 2 is 2.09 bits per heavy atom. The first-order valence-electron chi connectivity index (χ1n) is 6.53. The fraction of sp³-hybridized carbons (Fsp3) is 0.400. The molecule has 22 heavy (non-hydrogen) atoms. The minimum atomic E-state index is -1.36. The number of nitrogens with one attached hydrogen (secondary N) is 1. The molecule has 0 heterocycles. The van der Waals surface area contributed by atoms with Crippen molar-refractivity contribution in [1.82, 2.24) is 5.32 Å². The summed E-state index contributed by atoms with van der Waals surface area (Å²) in [6, 6.07) is 4.10. The molecule has 1 aromatic rings. The van der Waals surface area contributed by atoms with Crippen molar-refractivity contribution in [1.29, 1.82) is 5.26 Å². The number of hydrogen-bond donors (Lipinski definition) is 2. The van der Waals surface area contributed by atoms with Gasteiger partial charge in [-0.3, -0.25) is 0 Å². The molecule has 0 radical (unpaired) electrons. The standard InChI is InChI=1S/C15H17FN2O4/c1-15(2,3)22-14(21)18-12(13(19)20)7-10-6-9(8-17)4-5-11(10)16/h4-6,12H,7H2,1-3H3,(H,18,21)(H,19,20). The minimum Gasteiger partial charge on any atom is -0.480 e. The Hall–Kier alpha value is -2.62. The van der Waals surface area contributed by atoms with Gasteiger partial charge in [-0.1, -0.05) is 0 Å². The molecule has 1 atom stereocenters. The van der Waals surface area contributed by atoms with Gasteiger partial charge in [-0.05, 0) is 44.5 Å². The molecule has 0 aliphatic carbocycles. The largest absolute Gasteiger partial charge is 0.480 e. The van der Waals surface area contributed by atoms with Crippen LogP contribution in [0.1, 0.15) is 31.9 Å². The lowest BCUT2D eigenvalue weighted by atomic mass is 10.0. The topological polar surface area (TPSA) is 99.4 Å². The van der Waals surface area contributed by atoms with Gasteiger partial charge in [0, 0.05) is 6.42 Å². The first-order chi connectivity index (χ1) is 10.1. The normalized spacial score (nSPS) is 12.1. The molecule has 0 spiro atoms. The highest BCUT2D eigenvalue weighted by atomic mass is 19.1. The van der Waals surface area contributed by atoms with E-state index in [1.165, 1.54) is 12.1 Å². The summed E-state index contributed by atoms with van der Waals surface area (Å²) in [5.74, 6) is -1.97. The van der Waals surface area contributed by atoms with E-state index in [4.69, 9.17) is 15.1 Å². The van der Waals surface area contributed by atoms with E-state index in [9.17, 15) is 14.0 Å². The number of carbonyl (C=O) groups excluding carboxylic acids is 1. The predicted molar refractivity (Wildman–Crippen MR) is 75.6 cm³/mol. The van der Waals surface area contributed by atoms with Gasteiger partial charge in [0.15, 0.2) is 0 Å². The van der Waals surface area contributed by atoms with Crippen molar-refractivity contribution in [3.63, 3.8) is 0 Å². The van der Waals surface area contributed by atoms with Gasteiger partial charge in [0.05, 0.1) is 11.6 Å². The molecule has 0 aliphatic heterocycles. The number of nitrogens with zero attached hydrogens (tertiary/aromatic N) is 1. The average molecular weight is 308 g/mol. The highest BCUT2D eigenvalue weighted by molar-refractivity contribution is 5.80. The van der Waals surface area contributed by atoms with Gasteiger partial charge in [-0.2, -0.15) is 5.26 Å². The van der Waals surface area contributed by atoms with E-state index in [1.54, 1.807) is 20.8 Å². The molecule has 1 amide bonds. The van der Waals surface area contributed by atoms with Crippen molar-refractivity contribution in [3.05, 3.63) is 35.1 Å². The lowest BCUT2D eigenvalue weighted by molar-refractivity contribution is -0.139. The lowest BCUT2D eigenvalue weighted by Gasteiger charge is -2.22. The van der Waals surface area contributed by atoms with Crippen molar-refractivity contribution in [2.75, 3.05) is 0 Å². The fourth-order valence-corrected chi connectivity index (χ4v) is 1.67. The number of hydrogen-bond acceptors (Lipinski definition) is 4. The third-order valence-corrected chi connectivity index (χ3v) is 2.59. The summed E-state index contributed by atoms with van der Waals surface area (Å²) < 4.78 is 18.7. The van der Waals surface area contributed by atoms with Crippen LogP contribution in [-0.2, 0) is 16.0 Å². The molecule has 0 aliphatic rings. The Labute approximate surface area is 127 Å². The van der Waals surface area contributed by atoms with Crippen LogP contribution in [0.4, 0.5) is 9.18 Å². The third kappa shape index (κ3) is 5.40. The molecule has 0 fully saturated rings. The average Bonchev–Trinajstić information content (AvgIpc) is 2.38. The zero-order valence-electron chi connectivity index (χ0n) is 12.5. The van der Waals surface area contributed by atoms with Crippen LogP contribution in [0, 0.1) is 17.1 Å². The maximum atomic E-state index is 13.7. The quantitative estimate of drug-likeness (QED) is 0.888. The number of carboxylic acids is 1. The molecular weight excluding hydrogens is 291 g/mol. The number of halogens is 1. The van der Waals surface area contributed by atoms with Gasteiger partial charge in [0.1, 0.15) is 17.5 Å². The smallest absolute Gasteiger partial charge is 0.408 e. The van der Waals surface area contributed by atoms with E-state index >= 15 is 0 Å². The van der Waals surface area contributed by atoms with Crippen LogP contribution in [0.5, 0.6) is 0 Å².